The number of imidazole rings is 1. The monoisotopic (exact) mass is 564 g/mol. The summed E-state index contributed by atoms with van der Waals surface area (Å²) < 4.78 is 9.73. The maximum atomic E-state index is 13.6. The molecule has 9 nitrogen and oxygen atoms in total. The van der Waals surface area contributed by atoms with E-state index < -0.39 is 11.7 Å². The van der Waals surface area contributed by atoms with Crippen LogP contribution in [0.1, 0.15) is 49.7 Å². The molecule has 1 aliphatic rings. The Bertz CT molecular complexity index is 1770. The number of carbonyl (C=O) groups excluding carboxylic acids is 2. The number of rotatable bonds is 5. The number of fused-ring (bicyclic) bond motifs is 2. The molecule has 3 aromatic heterocycles. The molecule has 6 rings (SSSR count). The summed E-state index contributed by atoms with van der Waals surface area (Å²) >= 11 is 0. The molecular formula is C33H36N6O3. The molecule has 1 atom stereocenters. The topological polar surface area (TPSA) is 94.3 Å². The number of aryl methyl sites for hydroxylation is 1. The minimum absolute atomic E-state index is 0.0657. The Balaban J connectivity index is 1.28. The normalized spacial score (nSPS) is 15.7. The standard InChI is InChI=1S/C33H36N6O3/c1-33(2,3)42-32(41)35-25-12-9-17-38(20-25)31(40)23-14-15-28-26(18-23)36-30(37(28)4)29-19-22-10-5-6-13-27(22)39(29)21-24-11-7-8-16-34-24/h5-8,10-11,13-16,18-19,25H,9,12,17,20-21H2,1-4H3,(H,35,41)/t25-/m1/s1. The lowest BCUT2D eigenvalue weighted by molar-refractivity contribution is 0.0452. The second-order valence-electron chi connectivity index (χ2n) is 11.9. The van der Waals surface area contributed by atoms with Gasteiger partial charge in [0.15, 0.2) is 5.82 Å². The van der Waals surface area contributed by atoms with Gasteiger partial charge < -0.3 is 24.1 Å². The largest absolute Gasteiger partial charge is 0.444 e. The van der Waals surface area contributed by atoms with Crippen LogP contribution in [0, 0.1) is 0 Å². The van der Waals surface area contributed by atoms with E-state index in [0.717, 1.165) is 52.0 Å². The number of aromatic nitrogens is 4. The lowest BCUT2D eigenvalue weighted by atomic mass is 10.0. The Morgan fingerprint density at radius 1 is 1.02 bits per heavy atom. The van der Waals surface area contributed by atoms with Crippen LogP contribution in [0.4, 0.5) is 4.79 Å². The van der Waals surface area contributed by atoms with E-state index in [2.05, 4.69) is 37.6 Å². The van der Waals surface area contributed by atoms with Crippen molar-refractivity contribution in [3.63, 3.8) is 0 Å². The van der Waals surface area contributed by atoms with Crippen molar-refractivity contribution in [2.45, 2.75) is 51.8 Å². The number of nitrogens with zero attached hydrogens (tertiary/aromatic N) is 5. The first kappa shape index (κ1) is 27.5. The third-order valence-corrected chi connectivity index (χ3v) is 7.64. The molecule has 2 amide bonds. The molecule has 1 fully saturated rings. The number of likely N-dealkylation sites (tertiary alicyclic amines) is 1. The lowest BCUT2D eigenvalue weighted by Gasteiger charge is -2.33. The van der Waals surface area contributed by atoms with Gasteiger partial charge in [0, 0.05) is 48.8 Å². The molecule has 0 radical (unpaired) electrons. The number of para-hydroxylation sites is 1. The molecule has 4 heterocycles. The van der Waals surface area contributed by atoms with Gasteiger partial charge in [-0.1, -0.05) is 24.3 Å². The van der Waals surface area contributed by atoms with Gasteiger partial charge in [-0.05, 0) is 76.1 Å². The second-order valence-corrected chi connectivity index (χ2v) is 11.9. The number of benzene rings is 2. The maximum Gasteiger partial charge on any atom is 0.407 e. The molecule has 0 bridgehead atoms. The highest BCUT2D eigenvalue weighted by atomic mass is 16.6. The first-order chi connectivity index (χ1) is 20.2. The van der Waals surface area contributed by atoms with Gasteiger partial charge in [0.1, 0.15) is 5.60 Å². The average molecular weight is 565 g/mol. The fraction of sp³-hybridized carbons (Fsp3) is 0.333. The predicted octanol–water partition coefficient (Wildman–Crippen LogP) is 5.77. The second kappa shape index (κ2) is 11.0. The molecule has 1 aliphatic heterocycles. The van der Waals surface area contributed by atoms with Gasteiger partial charge in [0.05, 0.1) is 29.0 Å². The summed E-state index contributed by atoms with van der Waals surface area (Å²) in [6, 6.07) is 22.0. The van der Waals surface area contributed by atoms with Crippen LogP contribution in [0.5, 0.6) is 0 Å². The molecule has 0 saturated carbocycles. The zero-order valence-corrected chi connectivity index (χ0v) is 24.5. The number of ether oxygens (including phenoxy) is 1. The van der Waals surface area contributed by atoms with Crippen LogP contribution >= 0.6 is 0 Å². The van der Waals surface area contributed by atoms with E-state index in [1.54, 1.807) is 4.90 Å². The first-order valence-electron chi connectivity index (χ1n) is 14.4. The number of nitrogens with one attached hydrogen (secondary N) is 1. The average Bonchev–Trinajstić information content (AvgIpc) is 3.49. The maximum absolute atomic E-state index is 13.6. The molecule has 2 aromatic carbocycles. The van der Waals surface area contributed by atoms with Gasteiger partial charge >= 0.3 is 6.09 Å². The van der Waals surface area contributed by atoms with Gasteiger partial charge in [-0.2, -0.15) is 0 Å². The molecule has 1 N–H and O–H groups in total. The van der Waals surface area contributed by atoms with E-state index in [-0.39, 0.29) is 11.9 Å². The molecule has 0 aliphatic carbocycles. The van der Waals surface area contributed by atoms with Crippen molar-refractivity contribution in [1.29, 1.82) is 0 Å². The zero-order valence-electron chi connectivity index (χ0n) is 24.5. The fourth-order valence-electron chi connectivity index (χ4n) is 5.72. The van der Waals surface area contributed by atoms with Crippen molar-refractivity contribution in [2.24, 2.45) is 7.05 Å². The van der Waals surface area contributed by atoms with Crippen LogP contribution in [-0.2, 0) is 18.3 Å². The Hall–Kier alpha value is -4.66. The number of alkyl carbamates (subject to hydrolysis) is 1. The van der Waals surface area contributed by atoms with Crippen LogP contribution in [0.15, 0.2) is 72.9 Å². The molecule has 5 aromatic rings. The predicted molar refractivity (Wildman–Crippen MR) is 163 cm³/mol. The number of hydrogen-bond donors (Lipinski definition) is 1. The van der Waals surface area contributed by atoms with Gasteiger partial charge in [0.2, 0.25) is 0 Å². The van der Waals surface area contributed by atoms with Crippen LogP contribution in [-0.4, -0.2) is 60.7 Å². The third kappa shape index (κ3) is 5.59. The summed E-state index contributed by atoms with van der Waals surface area (Å²) in [7, 11) is 2.01. The van der Waals surface area contributed by atoms with Gasteiger partial charge in [0.25, 0.3) is 5.91 Å². The van der Waals surface area contributed by atoms with Crippen molar-refractivity contribution in [1.82, 2.24) is 29.3 Å². The smallest absolute Gasteiger partial charge is 0.407 e. The SMILES string of the molecule is Cn1c(-c2cc3ccccc3n2Cc2ccccn2)nc2cc(C(=O)N3CCC[C@@H](NC(=O)OC(C)(C)C)C3)ccc21. The minimum Gasteiger partial charge on any atom is -0.444 e. The number of amides is 2. The van der Waals surface area contributed by atoms with E-state index >= 15 is 0 Å². The number of pyridine rings is 1. The quantitative estimate of drug-likeness (QED) is 0.293. The van der Waals surface area contributed by atoms with Crippen LogP contribution < -0.4 is 5.32 Å². The van der Waals surface area contributed by atoms with Crippen LogP contribution in [0.3, 0.4) is 0 Å². The van der Waals surface area contributed by atoms with Gasteiger partial charge in [-0.25, -0.2) is 9.78 Å². The highest BCUT2D eigenvalue weighted by molar-refractivity contribution is 5.98. The summed E-state index contributed by atoms with van der Waals surface area (Å²) in [6.07, 6.45) is 2.97. The van der Waals surface area contributed by atoms with Crippen molar-refractivity contribution in [2.75, 3.05) is 13.1 Å². The van der Waals surface area contributed by atoms with E-state index in [1.165, 1.54) is 0 Å². The van der Waals surface area contributed by atoms with Crippen molar-refractivity contribution >= 4 is 33.9 Å². The molecule has 9 heteroatoms. The Morgan fingerprint density at radius 2 is 1.83 bits per heavy atom. The molecule has 42 heavy (non-hydrogen) atoms. The third-order valence-electron chi connectivity index (χ3n) is 7.64. The zero-order chi connectivity index (χ0) is 29.4. The molecule has 0 spiro atoms. The summed E-state index contributed by atoms with van der Waals surface area (Å²) in [4.78, 5) is 37.3. The number of carbonyl (C=O) groups is 2. The highest BCUT2D eigenvalue weighted by Gasteiger charge is 2.28. The van der Waals surface area contributed by atoms with E-state index in [0.29, 0.717) is 25.2 Å². The van der Waals surface area contributed by atoms with Crippen molar-refractivity contribution in [3.05, 3.63) is 84.2 Å². The molecule has 1 saturated heterocycles. The summed E-state index contributed by atoms with van der Waals surface area (Å²) in [5.41, 5.74) is 4.78. The minimum atomic E-state index is -0.571. The van der Waals surface area contributed by atoms with Crippen LogP contribution in [0.25, 0.3) is 33.5 Å². The Labute approximate surface area is 245 Å². The fourth-order valence-corrected chi connectivity index (χ4v) is 5.72. The lowest BCUT2D eigenvalue weighted by Crippen LogP contribution is -2.50. The number of hydrogen-bond acceptors (Lipinski definition) is 5. The summed E-state index contributed by atoms with van der Waals surface area (Å²) in [5, 5.41) is 4.06. The first-order valence-corrected chi connectivity index (χ1v) is 14.4. The molecular weight excluding hydrogens is 528 g/mol. The molecule has 216 valence electrons. The van der Waals surface area contributed by atoms with E-state index in [1.807, 2.05) is 82.5 Å². The van der Waals surface area contributed by atoms with Crippen molar-refractivity contribution < 1.29 is 14.3 Å². The van der Waals surface area contributed by atoms with Gasteiger partial charge in [-0.15, -0.1) is 0 Å². The van der Waals surface area contributed by atoms with E-state index in [9.17, 15) is 9.59 Å². The Kier molecular flexibility index (Phi) is 7.18. The Morgan fingerprint density at radius 3 is 2.62 bits per heavy atom. The van der Waals surface area contributed by atoms with Crippen LogP contribution in [0.2, 0.25) is 0 Å². The number of piperidine rings is 1. The van der Waals surface area contributed by atoms with Crippen molar-refractivity contribution in [3.8, 4) is 11.5 Å². The summed E-state index contributed by atoms with van der Waals surface area (Å²) in [6.45, 7) is 7.21. The summed E-state index contributed by atoms with van der Waals surface area (Å²) in [5.74, 6) is 0.755. The molecule has 0 unspecified atom stereocenters. The van der Waals surface area contributed by atoms with E-state index in [4.69, 9.17) is 9.72 Å². The van der Waals surface area contributed by atoms with Gasteiger partial charge in [-0.3, -0.25) is 9.78 Å². The highest BCUT2D eigenvalue weighted by Crippen LogP contribution is 2.31.